The molecule has 0 atom stereocenters. The van der Waals surface area contributed by atoms with Gasteiger partial charge in [0.1, 0.15) is 11.3 Å². The highest BCUT2D eigenvalue weighted by Gasteiger charge is 2.51. The zero-order valence-electron chi connectivity index (χ0n) is 23.4. The summed E-state index contributed by atoms with van der Waals surface area (Å²) in [5.41, 5.74) is 4.64. The first-order valence-electron chi connectivity index (χ1n) is 14.5. The Labute approximate surface area is 230 Å². The van der Waals surface area contributed by atoms with E-state index in [1.165, 1.54) is 44.1 Å². The van der Waals surface area contributed by atoms with Crippen molar-refractivity contribution in [1.29, 1.82) is 0 Å². The van der Waals surface area contributed by atoms with E-state index in [9.17, 15) is 14.4 Å². The molecule has 1 heterocycles. The molecule has 2 aromatic rings. The highest BCUT2D eigenvalue weighted by molar-refractivity contribution is 6.39. The minimum absolute atomic E-state index is 0.0540. The van der Waals surface area contributed by atoms with Gasteiger partial charge in [0.25, 0.3) is 11.8 Å². The average molecular weight is 527 g/mol. The Hall–Kier alpha value is -3.41. The Morgan fingerprint density at radius 2 is 1.62 bits per heavy atom. The maximum Gasteiger partial charge on any atom is 0.335 e. The number of ether oxygens (including phenoxy) is 1. The number of barbiturate groups is 1. The minimum atomic E-state index is -0.712. The molecule has 4 aliphatic carbocycles. The predicted octanol–water partition coefficient (Wildman–Crippen LogP) is 6.65. The van der Waals surface area contributed by atoms with Crippen LogP contribution in [-0.4, -0.2) is 24.5 Å². The Balaban J connectivity index is 1.30. The summed E-state index contributed by atoms with van der Waals surface area (Å²) in [6.07, 6.45) is 9.51. The predicted molar refractivity (Wildman–Crippen MR) is 152 cm³/mol. The van der Waals surface area contributed by atoms with Gasteiger partial charge in [0.05, 0.1) is 12.3 Å². The summed E-state index contributed by atoms with van der Waals surface area (Å²) in [5.74, 6) is 2.24. The summed E-state index contributed by atoms with van der Waals surface area (Å²) < 4.78 is 5.82. The Morgan fingerprint density at radius 1 is 1.00 bits per heavy atom. The lowest BCUT2D eigenvalue weighted by molar-refractivity contribution is -0.122. The molecule has 1 aliphatic heterocycles. The number of carbonyl (C=O) groups excluding carboxylic acids is 3. The standard InChI is InChI=1S/C33H38N2O4/c1-5-39-29-10-20(4)24(14-27(29)19(2)3)15-28-30(36)34-32(38)35(31(28)37)26-8-6-25(7-9-26)33-16-21-11-22(17-33)13-23(12-21)18-33/h6-10,14-15,19,21-23H,5,11-13,16-18H2,1-4H3,(H,34,36,38)/b28-15+. The number of urea groups is 1. The van der Waals surface area contributed by atoms with Crippen molar-refractivity contribution in [3.05, 3.63) is 64.2 Å². The quantitative estimate of drug-likeness (QED) is 0.338. The molecule has 6 heteroatoms. The lowest BCUT2D eigenvalue weighted by Gasteiger charge is -2.57. The molecular weight excluding hydrogens is 488 g/mol. The maximum absolute atomic E-state index is 13.6. The van der Waals surface area contributed by atoms with Gasteiger partial charge in [-0.3, -0.25) is 14.9 Å². The number of aryl methyl sites for hydroxylation is 1. The van der Waals surface area contributed by atoms with Gasteiger partial charge in [-0.15, -0.1) is 0 Å². The van der Waals surface area contributed by atoms with Gasteiger partial charge in [-0.05, 0) is 134 Å². The highest BCUT2D eigenvalue weighted by atomic mass is 16.5. The van der Waals surface area contributed by atoms with E-state index in [2.05, 4.69) is 31.3 Å². The minimum Gasteiger partial charge on any atom is -0.494 e. The van der Waals surface area contributed by atoms with Gasteiger partial charge in [-0.25, -0.2) is 9.69 Å². The van der Waals surface area contributed by atoms with Crippen LogP contribution in [0.15, 0.2) is 42.0 Å². The topological polar surface area (TPSA) is 75.7 Å². The van der Waals surface area contributed by atoms with E-state index < -0.39 is 17.8 Å². The summed E-state index contributed by atoms with van der Waals surface area (Å²) in [6.45, 7) is 8.59. The first kappa shape index (κ1) is 25.8. The van der Waals surface area contributed by atoms with Crippen LogP contribution in [0.4, 0.5) is 10.5 Å². The van der Waals surface area contributed by atoms with E-state index in [1.807, 2.05) is 38.1 Å². The van der Waals surface area contributed by atoms with Crippen LogP contribution in [0, 0.1) is 24.7 Å². The molecular formula is C33H38N2O4. The zero-order valence-corrected chi connectivity index (χ0v) is 23.4. The number of benzene rings is 2. The zero-order chi connectivity index (χ0) is 27.5. The molecule has 5 fully saturated rings. The normalized spacial score (nSPS) is 28.9. The monoisotopic (exact) mass is 526 g/mol. The van der Waals surface area contributed by atoms with Crippen molar-refractivity contribution in [2.75, 3.05) is 11.5 Å². The molecule has 0 spiro atoms. The van der Waals surface area contributed by atoms with Crippen LogP contribution < -0.4 is 15.0 Å². The lowest BCUT2D eigenvalue weighted by Crippen LogP contribution is -2.54. The second-order valence-electron chi connectivity index (χ2n) is 12.5. The molecule has 2 aromatic carbocycles. The molecule has 204 valence electrons. The number of nitrogens with zero attached hydrogens (tertiary/aromatic N) is 1. The summed E-state index contributed by atoms with van der Waals surface area (Å²) in [6, 6.07) is 11.2. The number of anilines is 1. The fourth-order valence-corrected chi connectivity index (χ4v) is 8.08. The van der Waals surface area contributed by atoms with Gasteiger partial charge in [-0.1, -0.05) is 26.0 Å². The molecule has 4 bridgehead atoms. The lowest BCUT2D eigenvalue weighted by atomic mass is 9.48. The molecule has 1 saturated heterocycles. The van der Waals surface area contributed by atoms with Crippen molar-refractivity contribution in [3.8, 4) is 5.75 Å². The van der Waals surface area contributed by atoms with E-state index in [-0.39, 0.29) is 16.9 Å². The van der Waals surface area contributed by atoms with Crippen molar-refractivity contribution in [2.24, 2.45) is 17.8 Å². The molecule has 0 radical (unpaired) electrons. The van der Waals surface area contributed by atoms with Gasteiger partial charge in [0, 0.05) is 0 Å². The van der Waals surface area contributed by atoms with Crippen molar-refractivity contribution in [1.82, 2.24) is 5.32 Å². The van der Waals surface area contributed by atoms with Gasteiger partial charge in [-0.2, -0.15) is 0 Å². The summed E-state index contributed by atoms with van der Waals surface area (Å²) in [5, 5.41) is 2.37. The largest absolute Gasteiger partial charge is 0.494 e. The summed E-state index contributed by atoms with van der Waals surface area (Å²) in [7, 11) is 0. The molecule has 4 amide bonds. The van der Waals surface area contributed by atoms with Crippen LogP contribution >= 0.6 is 0 Å². The fraction of sp³-hybridized carbons (Fsp3) is 0.485. The van der Waals surface area contributed by atoms with Crippen LogP contribution in [0.5, 0.6) is 5.75 Å². The van der Waals surface area contributed by atoms with E-state index in [1.54, 1.807) is 6.08 Å². The second-order valence-corrected chi connectivity index (χ2v) is 12.5. The third kappa shape index (κ3) is 4.48. The Kier molecular flexibility index (Phi) is 6.40. The molecule has 4 saturated carbocycles. The number of rotatable bonds is 6. The summed E-state index contributed by atoms with van der Waals surface area (Å²) >= 11 is 0. The molecule has 5 aliphatic rings. The van der Waals surface area contributed by atoms with E-state index >= 15 is 0 Å². The van der Waals surface area contributed by atoms with Crippen molar-refractivity contribution < 1.29 is 19.1 Å². The Morgan fingerprint density at radius 3 is 2.18 bits per heavy atom. The van der Waals surface area contributed by atoms with Crippen LogP contribution in [0.2, 0.25) is 0 Å². The third-order valence-electron chi connectivity index (χ3n) is 9.50. The number of hydrogen-bond donors (Lipinski definition) is 1. The molecule has 6 nitrogen and oxygen atoms in total. The van der Waals surface area contributed by atoms with Gasteiger partial charge < -0.3 is 4.74 Å². The van der Waals surface area contributed by atoms with Gasteiger partial charge in [0.15, 0.2) is 0 Å². The van der Waals surface area contributed by atoms with Crippen molar-refractivity contribution in [3.63, 3.8) is 0 Å². The molecule has 1 N–H and O–H groups in total. The van der Waals surface area contributed by atoms with Gasteiger partial charge >= 0.3 is 6.03 Å². The van der Waals surface area contributed by atoms with Crippen LogP contribution in [-0.2, 0) is 15.0 Å². The van der Waals surface area contributed by atoms with E-state index in [4.69, 9.17) is 4.74 Å². The SMILES string of the molecule is CCOc1cc(C)c(/C=C2\C(=O)NC(=O)N(c3ccc(C45CC6CC(CC(C6)C4)C5)cc3)C2=O)cc1C(C)C. The first-order chi connectivity index (χ1) is 18.7. The van der Waals surface area contributed by atoms with Gasteiger partial charge in [0.2, 0.25) is 0 Å². The first-order valence-corrected chi connectivity index (χ1v) is 14.5. The summed E-state index contributed by atoms with van der Waals surface area (Å²) in [4.78, 5) is 40.4. The van der Waals surface area contributed by atoms with Crippen LogP contribution in [0.1, 0.15) is 87.5 Å². The smallest absolute Gasteiger partial charge is 0.335 e. The average Bonchev–Trinajstić information content (AvgIpc) is 2.87. The fourth-order valence-electron chi connectivity index (χ4n) is 8.08. The number of nitrogens with one attached hydrogen (secondary N) is 1. The van der Waals surface area contributed by atoms with E-state index in [0.717, 1.165) is 45.1 Å². The third-order valence-corrected chi connectivity index (χ3v) is 9.50. The molecule has 0 aromatic heterocycles. The molecule has 7 rings (SSSR count). The maximum atomic E-state index is 13.6. The number of imide groups is 2. The van der Waals surface area contributed by atoms with Crippen molar-refractivity contribution in [2.45, 2.75) is 77.6 Å². The molecule has 0 unspecified atom stereocenters. The second kappa shape index (κ2) is 9.65. The van der Waals surface area contributed by atoms with E-state index in [0.29, 0.717) is 12.3 Å². The number of amides is 4. The number of carbonyl (C=O) groups is 3. The van der Waals surface area contributed by atoms with Crippen LogP contribution in [0.3, 0.4) is 0 Å². The van der Waals surface area contributed by atoms with Crippen molar-refractivity contribution >= 4 is 29.6 Å². The van der Waals surface area contributed by atoms with Crippen LogP contribution in [0.25, 0.3) is 6.08 Å². The number of hydrogen-bond acceptors (Lipinski definition) is 4. The molecule has 39 heavy (non-hydrogen) atoms. The highest BCUT2D eigenvalue weighted by Crippen LogP contribution is 2.60. The Bertz CT molecular complexity index is 1340.